The number of aliphatic imine (C=N–C) groups is 1. The Labute approximate surface area is 246 Å². The zero-order valence-electron chi connectivity index (χ0n) is 20.3. The average molecular weight is 683 g/mol. The Morgan fingerprint density at radius 2 is 1.29 bits per heavy atom. The van der Waals surface area contributed by atoms with E-state index in [0.29, 0.717) is 5.56 Å². The number of rotatable bonds is 5. The van der Waals surface area contributed by atoms with E-state index in [4.69, 9.17) is 0 Å². The summed E-state index contributed by atoms with van der Waals surface area (Å²) in [4.78, 5) is 2.88. The van der Waals surface area contributed by atoms with Crippen LogP contribution in [0.15, 0.2) is 41.4 Å². The van der Waals surface area contributed by atoms with Gasteiger partial charge in [0, 0.05) is 35.6 Å². The predicted molar refractivity (Wildman–Crippen MR) is 125 cm³/mol. The summed E-state index contributed by atoms with van der Waals surface area (Å²) in [5.74, 6) is -1.37. The van der Waals surface area contributed by atoms with Gasteiger partial charge >= 0.3 is 18.5 Å². The molecule has 3 rings (SSSR count). The summed E-state index contributed by atoms with van der Waals surface area (Å²) >= 11 is 4.16. The minimum absolute atomic E-state index is 0. The summed E-state index contributed by atoms with van der Waals surface area (Å²) in [6.07, 6.45) is -15.1. The van der Waals surface area contributed by atoms with Crippen LogP contribution in [0.25, 0.3) is 11.1 Å². The number of ether oxygens (including phenoxy) is 1. The number of thiocarbonyl (C=S) groups is 1. The summed E-state index contributed by atoms with van der Waals surface area (Å²) in [5, 5.41) is 1.45. The summed E-state index contributed by atoms with van der Waals surface area (Å²) < 4.78 is 116. The second-order valence-electron chi connectivity index (χ2n) is 8.40. The van der Waals surface area contributed by atoms with Crippen molar-refractivity contribution in [3.8, 4) is 16.9 Å². The smallest absolute Gasteiger partial charge is 0.418 e. The van der Waals surface area contributed by atoms with Crippen molar-refractivity contribution in [1.29, 1.82) is 0 Å². The molecule has 38 heavy (non-hydrogen) atoms. The number of benzene rings is 3. The van der Waals surface area contributed by atoms with Crippen molar-refractivity contribution in [2.75, 3.05) is 0 Å². The van der Waals surface area contributed by atoms with Crippen molar-refractivity contribution in [1.82, 2.24) is 0 Å². The molecule has 0 saturated carbocycles. The molecule has 0 unspecified atom stereocenters. The van der Waals surface area contributed by atoms with E-state index >= 15 is 8.78 Å². The van der Waals surface area contributed by atoms with Crippen LogP contribution in [0.2, 0.25) is 0 Å². The Balaban J connectivity index is 0.00000507. The normalized spacial score (nSPS) is 12.0. The second kappa shape index (κ2) is 11.6. The molecule has 0 spiro atoms. The van der Waals surface area contributed by atoms with Crippen LogP contribution in [0.4, 0.5) is 40.8 Å². The van der Waals surface area contributed by atoms with E-state index in [0.717, 1.165) is 22.3 Å². The molecule has 1 radical (unpaired) electrons. The first-order valence-corrected chi connectivity index (χ1v) is 10.9. The number of nitrogens with zero attached hydrogens (tertiary/aromatic N) is 1. The van der Waals surface area contributed by atoms with Gasteiger partial charge in [0.05, 0.1) is 22.0 Å². The molecule has 0 heterocycles. The van der Waals surface area contributed by atoms with E-state index in [1.165, 1.54) is 24.2 Å². The van der Waals surface area contributed by atoms with E-state index in [1.54, 1.807) is 0 Å². The van der Waals surface area contributed by atoms with Crippen molar-refractivity contribution in [3.05, 3.63) is 81.4 Å². The molecule has 3 aromatic rings. The van der Waals surface area contributed by atoms with Crippen molar-refractivity contribution >= 4 is 23.1 Å². The van der Waals surface area contributed by atoms with Crippen LogP contribution in [0.5, 0.6) is 5.75 Å². The molecular formula is C26H18F8LaNOS-. The molecule has 12 heteroatoms. The number of halogens is 8. The molecule has 199 valence electrons. The van der Waals surface area contributed by atoms with Gasteiger partial charge in [0.15, 0.2) is 0 Å². The molecule has 0 bridgehead atoms. The van der Waals surface area contributed by atoms with Crippen LogP contribution in [-0.2, 0) is 18.5 Å². The van der Waals surface area contributed by atoms with E-state index < -0.39 is 46.6 Å². The number of hydrogen-bond donors (Lipinski definition) is 0. The zero-order valence-corrected chi connectivity index (χ0v) is 24.8. The fourth-order valence-corrected chi connectivity index (χ4v) is 4.26. The van der Waals surface area contributed by atoms with Gasteiger partial charge in [0.25, 0.3) is 0 Å². The fraction of sp³-hybridized carbons (Fsp3) is 0.269. The average Bonchev–Trinajstić information content (AvgIpc) is 2.72. The Hall–Kier alpha value is -2.11. The molecule has 3 aromatic carbocycles. The summed E-state index contributed by atoms with van der Waals surface area (Å²) in [6, 6.07) is 8.93. The summed E-state index contributed by atoms with van der Waals surface area (Å²) in [6.45, 7) is 6.92. The molecule has 0 amide bonds. The quantitative estimate of drug-likeness (QED) is 0.116. The molecule has 0 saturated heterocycles. The third-order valence-corrected chi connectivity index (χ3v) is 5.58. The standard InChI is InChI=1S/C26H18F8NOS.La/c1-13-7-15(3)22(16(4)8-13)17-5-6-19(14(2)9-17)26(33,34)36-18-10-20(24(27,28)29)23(35-12-37)21(11-18)25(30,31)32;/h5,7-11H,1-4H3;/q-1;. The molecule has 0 aliphatic heterocycles. The Morgan fingerprint density at radius 1 is 0.789 bits per heavy atom. The SMILES string of the molecule is Cc1cc(C)c(-c2c[c-]c(C(F)(F)Oc3cc(C(F)(F)F)c(N=C=S)c(C(F)(F)F)c3)c(C)c2)c(C)c1.[La]. The maximum atomic E-state index is 15.1. The first-order chi connectivity index (χ1) is 17.0. The van der Waals surface area contributed by atoms with Crippen molar-refractivity contribution in [2.45, 2.75) is 46.2 Å². The maximum absolute atomic E-state index is 15.1. The van der Waals surface area contributed by atoms with Gasteiger partial charge < -0.3 is 4.74 Å². The van der Waals surface area contributed by atoms with Crippen LogP contribution in [0.1, 0.15) is 38.9 Å². The predicted octanol–water partition coefficient (Wildman–Crippen LogP) is 9.29. The van der Waals surface area contributed by atoms with Gasteiger partial charge in [-0.1, -0.05) is 41.3 Å². The van der Waals surface area contributed by atoms with Gasteiger partial charge in [-0.05, 0) is 50.7 Å². The monoisotopic (exact) mass is 683 g/mol. The Morgan fingerprint density at radius 3 is 1.71 bits per heavy atom. The van der Waals surface area contributed by atoms with Crippen molar-refractivity contribution in [2.24, 2.45) is 4.99 Å². The van der Waals surface area contributed by atoms with E-state index in [1.807, 2.05) is 32.9 Å². The molecule has 0 fully saturated rings. The topological polar surface area (TPSA) is 21.6 Å². The molecule has 0 aliphatic carbocycles. The van der Waals surface area contributed by atoms with Crippen LogP contribution < -0.4 is 4.74 Å². The van der Waals surface area contributed by atoms with Crippen LogP contribution >= 0.6 is 12.2 Å². The minimum atomic E-state index is -5.38. The minimum Gasteiger partial charge on any atom is -0.430 e. The molecule has 0 atom stereocenters. The van der Waals surface area contributed by atoms with E-state index in [2.05, 4.69) is 28.0 Å². The van der Waals surface area contributed by atoms with Crippen LogP contribution in [0, 0.1) is 69.4 Å². The van der Waals surface area contributed by atoms with Gasteiger partial charge in [-0.3, -0.25) is 0 Å². The van der Waals surface area contributed by atoms with E-state index in [9.17, 15) is 26.3 Å². The van der Waals surface area contributed by atoms with Gasteiger partial charge in [-0.15, -0.1) is 11.1 Å². The first-order valence-electron chi connectivity index (χ1n) is 10.5. The number of isothiocyanates is 1. The third-order valence-electron chi connectivity index (χ3n) is 5.49. The number of aryl methyl sites for hydroxylation is 4. The first kappa shape index (κ1) is 32.1. The van der Waals surface area contributed by atoms with Crippen LogP contribution in [-0.4, -0.2) is 5.16 Å². The summed E-state index contributed by atoms with van der Waals surface area (Å²) in [5.41, 5.74) is -2.24. The molecular weight excluding hydrogens is 665 g/mol. The van der Waals surface area contributed by atoms with Crippen molar-refractivity contribution < 1.29 is 75.5 Å². The fourth-order valence-electron chi connectivity index (χ4n) is 4.17. The Kier molecular flexibility index (Phi) is 9.77. The number of hydrogen-bond acceptors (Lipinski definition) is 3. The molecule has 0 aliphatic rings. The largest absolute Gasteiger partial charge is 0.430 e. The van der Waals surface area contributed by atoms with Gasteiger partial charge in [-0.2, -0.15) is 58.3 Å². The zero-order chi connectivity index (χ0) is 27.9. The van der Waals surface area contributed by atoms with Crippen LogP contribution in [0.3, 0.4) is 0 Å². The van der Waals surface area contributed by atoms with Crippen molar-refractivity contribution in [3.63, 3.8) is 0 Å². The van der Waals surface area contributed by atoms with Gasteiger partial charge in [0.2, 0.25) is 0 Å². The Bertz CT molecular complexity index is 1350. The summed E-state index contributed by atoms with van der Waals surface area (Å²) in [7, 11) is 0. The molecule has 0 N–H and O–H groups in total. The van der Waals surface area contributed by atoms with Gasteiger partial charge in [-0.25, -0.2) is 0 Å². The molecule has 2 nitrogen and oxygen atoms in total. The van der Waals surface area contributed by atoms with E-state index in [-0.39, 0.29) is 53.3 Å². The maximum Gasteiger partial charge on any atom is 0.418 e. The number of alkyl halides is 8. The second-order valence-corrected chi connectivity index (χ2v) is 8.59. The third kappa shape index (κ3) is 6.90. The van der Waals surface area contributed by atoms with Gasteiger partial charge in [0.1, 0.15) is 5.75 Å². The molecule has 0 aromatic heterocycles.